The van der Waals surface area contributed by atoms with Crippen LogP contribution in [0.1, 0.15) is 29.9 Å². The Morgan fingerprint density at radius 3 is 2.43 bits per heavy atom. The van der Waals surface area contributed by atoms with E-state index in [0.717, 1.165) is 17.8 Å². The Morgan fingerprint density at radius 2 is 1.81 bits per heavy atom. The first-order valence-corrected chi connectivity index (χ1v) is 8.22. The van der Waals surface area contributed by atoms with Gasteiger partial charge in [-0.3, -0.25) is 4.90 Å². The fraction of sp³-hybridized carbons (Fsp3) is 0.412. The lowest BCUT2D eigenvalue weighted by Crippen LogP contribution is -2.34. The van der Waals surface area contributed by atoms with Gasteiger partial charge in [0.25, 0.3) is 0 Å². The van der Waals surface area contributed by atoms with E-state index in [9.17, 15) is 10.2 Å². The summed E-state index contributed by atoms with van der Waals surface area (Å²) in [6.45, 7) is 3.82. The van der Waals surface area contributed by atoms with Gasteiger partial charge in [0.15, 0.2) is 0 Å². The minimum atomic E-state index is -0.502. The molecule has 2 N–H and O–H groups in total. The van der Waals surface area contributed by atoms with Gasteiger partial charge < -0.3 is 10.2 Å². The van der Waals surface area contributed by atoms with Crippen LogP contribution in [-0.4, -0.2) is 34.3 Å². The van der Waals surface area contributed by atoms with Gasteiger partial charge in [-0.2, -0.15) is 0 Å². The van der Waals surface area contributed by atoms with Crippen LogP contribution in [0.3, 0.4) is 0 Å². The van der Waals surface area contributed by atoms with E-state index in [-0.39, 0.29) is 6.10 Å². The number of nitrogens with zero attached hydrogens (tertiary/aromatic N) is 1. The van der Waals surface area contributed by atoms with Crippen molar-refractivity contribution >= 4 is 11.3 Å². The summed E-state index contributed by atoms with van der Waals surface area (Å²) in [6, 6.07) is 14.1. The summed E-state index contributed by atoms with van der Waals surface area (Å²) < 4.78 is 0. The number of hydrogen-bond acceptors (Lipinski definition) is 4. The predicted molar refractivity (Wildman–Crippen MR) is 87.3 cm³/mol. The van der Waals surface area contributed by atoms with E-state index >= 15 is 0 Å². The Kier molecular flexibility index (Phi) is 6.39. The second kappa shape index (κ2) is 8.29. The molecule has 2 atom stereocenters. The molecule has 0 aliphatic carbocycles. The van der Waals surface area contributed by atoms with Crippen LogP contribution >= 0.6 is 11.3 Å². The minimum Gasteiger partial charge on any atom is -0.392 e. The van der Waals surface area contributed by atoms with Gasteiger partial charge in [-0.25, -0.2) is 0 Å². The Hall–Kier alpha value is -1.20. The summed E-state index contributed by atoms with van der Waals surface area (Å²) in [5.41, 5.74) is 1.19. The maximum atomic E-state index is 10.3. The van der Waals surface area contributed by atoms with Crippen molar-refractivity contribution in [1.29, 1.82) is 0 Å². The van der Waals surface area contributed by atoms with Crippen LogP contribution in [-0.2, 0) is 6.54 Å². The van der Waals surface area contributed by atoms with Gasteiger partial charge >= 0.3 is 0 Å². The highest BCUT2D eigenvalue weighted by atomic mass is 32.1. The number of aliphatic hydroxyl groups is 2. The monoisotopic (exact) mass is 305 g/mol. The SMILES string of the molecule is CCC(O)CN(Cc1ccccc1)CC(O)c1cccs1. The van der Waals surface area contributed by atoms with Crippen LogP contribution in [0.2, 0.25) is 0 Å². The normalized spacial score (nSPS) is 14.3. The second-order valence-electron chi connectivity index (χ2n) is 5.27. The van der Waals surface area contributed by atoms with Gasteiger partial charge in [0.1, 0.15) is 6.10 Å². The van der Waals surface area contributed by atoms with Crippen LogP contribution in [0.25, 0.3) is 0 Å². The van der Waals surface area contributed by atoms with E-state index in [1.165, 1.54) is 5.56 Å². The predicted octanol–water partition coefficient (Wildman–Crippen LogP) is 3.05. The fourth-order valence-corrected chi connectivity index (χ4v) is 2.99. The van der Waals surface area contributed by atoms with Crippen LogP contribution < -0.4 is 0 Å². The van der Waals surface area contributed by atoms with Crippen molar-refractivity contribution in [3.8, 4) is 0 Å². The first-order chi connectivity index (χ1) is 10.2. The lowest BCUT2D eigenvalue weighted by Gasteiger charge is -2.26. The van der Waals surface area contributed by atoms with Crippen molar-refractivity contribution in [2.75, 3.05) is 13.1 Å². The molecule has 0 aliphatic rings. The molecule has 0 spiro atoms. The topological polar surface area (TPSA) is 43.7 Å². The molecule has 3 nitrogen and oxygen atoms in total. The van der Waals surface area contributed by atoms with Gasteiger partial charge in [-0.05, 0) is 23.4 Å². The first-order valence-electron chi connectivity index (χ1n) is 7.35. The summed E-state index contributed by atoms with van der Waals surface area (Å²) >= 11 is 1.56. The molecule has 1 heterocycles. The van der Waals surface area contributed by atoms with Gasteiger partial charge in [0.2, 0.25) is 0 Å². The molecular formula is C17H23NO2S. The summed E-state index contributed by atoms with van der Waals surface area (Å²) in [6.07, 6.45) is -0.137. The van der Waals surface area contributed by atoms with Crippen molar-refractivity contribution in [3.05, 3.63) is 58.3 Å². The summed E-state index contributed by atoms with van der Waals surface area (Å²) in [7, 11) is 0. The average Bonchev–Trinajstić information content (AvgIpc) is 3.02. The zero-order valence-electron chi connectivity index (χ0n) is 12.4. The van der Waals surface area contributed by atoms with Gasteiger partial charge in [0, 0.05) is 24.5 Å². The molecule has 0 fully saturated rings. The Morgan fingerprint density at radius 1 is 1.05 bits per heavy atom. The molecule has 0 saturated heterocycles. The zero-order valence-corrected chi connectivity index (χ0v) is 13.2. The van der Waals surface area contributed by atoms with Crippen molar-refractivity contribution < 1.29 is 10.2 Å². The minimum absolute atomic E-state index is 0.357. The molecule has 114 valence electrons. The zero-order chi connectivity index (χ0) is 15.1. The van der Waals surface area contributed by atoms with Gasteiger partial charge in [-0.1, -0.05) is 43.3 Å². The van der Waals surface area contributed by atoms with E-state index in [2.05, 4.69) is 17.0 Å². The number of aliphatic hydroxyl groups excluding tert-OH is 2. The summed E-state index contributed by atoms with van der Waals surface area (Å²) in [5.74, 6) is 0. The maximum absolute atomic E-state index is 10.3. The molecule has 0 amide bonds. The highest BCUT2D eigenvalue weighted by molar-refractivity contribution is 7.10. The molecule has 0 radical (unpaired) electrons. The number of hydrogen-bond donors (Lipinski definition) is 2. The number of thiophene rings is 1. The fourth-order valence-electron chi connectivity index (χ4n) is 2.29. The van der Waals surface area contributed by atoms with Crippen molar-refractivity contribution in [2.24, 2.45) is 0 Å². The van der Waals surface area contributed by atoms with Crippen molar-refractivity contribution in [2.45, 2.75) is 32.1 Å². The van der Waals surface area contributed by atoms with Crippen LogP contribution in [0.5, 0.6) is 0 Å². The molecule has 21 heavy (non-hydrogen) atoms. The van der Waals surface area contributed by atoms with Crippen LogP contribution in [0, 0.1) is 0 Å². The molecule has 2 aromatic rings. The standard InChI is InChI=1S/C17H23NO2S/c1-2-15(19)12-18(11-14-7-4-3-5-8-14)13-16(20)17-9-6-10-21-17/h3-10,15-16,19-20H,2,11-13H2,1H3. The Balaban J connectivity index is 2.01. The van der Waals surface area contributed by atoms with Crippen LogP contribution in [0.15, 0.2) is 47.8 Å². The molecule has 4 heteroatoms. The van der Waals surface area contributed by atoms with Crippen LogP contribution in [0.4, 0.5) is 0 Å². The first kappa shape index (κ1) is 16.2. The smallest absolute Gasteiger partial charge is 0.101 e. The van der Waals surface area contributed by atoms with Gasteiger partial charge in [-0.15, -0.1) is 11.3 Å². The van der Waals surface area contributed by atoms with E-state index in [1.54, 1.807) is 11.3 Å². The Labute approximate surface area is 130 Å². The molecule has 2 unspecified atom stereocenters. The largest absolute Gasteiger partial charge is 0.392 e. The molecular weight excluding hydrogens is 282 g/mol. The van der Waals surface area contributed by atoms with E-state index < -0.39 is 6.10 Å². The summed E-state index contributed by atoms with van der Waals surface area (Å²) in [4.78, 5) is 3.09. The lowest BCUT2D eigenvalue weighted by molar-refractivity contribution is 0.0648. The van der Waals surface area contributed by atoms with Crippen molar-refractivity contribution in [1.82, 2.24) is 4.90 Å². The third-order valence-electron chi connectivity index (χ3n) is 3.49. The number of rotatable bonds is 8. The number of benzene rings is 1. The second-order valence-corrected chi connectivity index (χ2v) is 6.25. The van der Waals surface area contributed by atoms with E-state index in [4.69, 9.17) is 0 Å². The Bertz CT molecular complexity index is 501. The molecule has 0 aliphatic heterocycles. The van der Waals surface area contributed by atoms with E-state index in [0.29, 0.717) is 13.1 Å². The van der Waals surface area contributed by atoms with Crippen molar-refractivity contribution in [3.63, 3.8) is 0 Å². The quantitative estimate of drug-likeness (QED) is 0.788. The molecule has 0 bridgehead atoms. The highest BCUT2D eigenvalue weighted by Crippen LogP contribution is 2.20. The lowest BCUT2D eigenvalue weighted by atomic mass is 10.1. The summed E-state index contributed by atoms with van der Waals surface area (Å²) in [5, 5.41) is 22.2. The maximum Gasteiger partial charge on any atom is 0.101 e. The van der Waals surface area contributed by atoms with E-state index in [1.807, 2.05) is 42.6 Å². The molecule has 1 aromatic carbocycles. The molecule has 0 saturated carbocycles. The molecule has 1 aromatic heterocycles. The highest BCUT2D eigenvalue weighted by Gasteiger charge is 2.17. The molecule has 2 rings (SSSR count). The average molecular weight is 305 g/mol. The third kappa shape index (κ3) is 5.25. The van der Waals surface area contributed by atoms with Gasteiger partial charge in [0.05, 0.1) is 6.10 Å². The third-order valence-corrected chi connectivity index (χ3v) is 4.47.